The molecule has 2 rings (SSSR count). The van der Waals surface area contributed by atoms with Crippen LogP contribution >= 0.6 is 0 Å². The molecule has 1 aliphatic rings. The van der Waals surface area contributed by atoms with Gasteiger partial charge in [-0.2, -0.15) is 0 Å². The van der Waals surface area contributed by atoms with Gasteiger partial charge in [0, 0.05) is 26.0 Å². The van der Waals surface area contributed by atoms with E-state index in [0.717, 1.165) is 6.54 Å². The van der Waals surface area contributed by atoms with E-state index in [0.29, 0.717) is 6.17 Å². The first-order valence-electron chi connectivity index (χ1n) is 6.51. The molecule has 1 unspecified atom stereocenters. The highest BCUT2D eigenvalue weighted by Crippen LogP contribution is 2.21. The molecule has 17 heavy (non-hydrogen) atoms. The summed E-state index contributed by atoms with van der Waals surface area (Å²) in [6.45, 7) is 3.26. The Bertz CT molecular complexity index is 358. The molecule has 1 aromatic carbocycles. The van der Waals surface area contributed by atoms with Crippen LogP contribution in [0.3, 0.4) is 0 Å². The largest absolute Gasteiger partial charge is 0.359 e. The SMILES string of the molecule is CCCCC1N(C)C=CN1Cc1ccccc1. The molecule has 2 nitrogen and oxygen atoms in total. The Morgan fingerprint density at radius 3 is 2.59 bits per heavy atom. The molecule has 0 radical (unpaired) electrons. The summed E-state index contributed by atoms with van der Waals surface area (Å²) in [6.07, 6.45) is 8.74. The average molecular weight is 230 g/mol. The van der Waals surface area contributed by atoms with E-state index in [1.54, 1.807) is 0 Å². The number of unbranched alkanes of at least 4 members (excludes halogenated alkanes) is 1. The van der Waals surface area contributed by atoms with Crippen molar-refractivity contribution in [1.82, 2.24) is 9.80 Å². The lowest BCUT2D eigenvalue weighted by atomic mass is 10.1. The highest BCUT2D eigenvalue weighted by molar-refractivity contribution is 5.15. The minimum Gasteiger partial charge on any atom is -0.359 e. The second-order valence-corrected chi connectivity index (χ2v) is 4.74. The topological polar surface area (TPSA) is 6.48 Å². The molecule has 1 aliphatic heterocycles. The molecule has 0 saturated heterocycles. The van der Waals surface area contributed by atoms with Gasteiger partial charge in [-0.25, -0.2) is 0 Å². The van der Waals surface area contributed by atoms with Crippen molar-refractivity contribution in [1.29, 1.82) is 0 Å². The summed E-state index contributed by atoms with van der Waals surface area (Å²) in [5, 5.41) is 0. The molecule has 1 heterocycles. The average Bonchev–Trinajstić information content (AvgIpc) is 2.69. The van der Waals surface area contributed by atoms with Crippen LogP contribution in [-0.4, -0.2) is 23.0 Å². The van der Waals surface area contributed by atoms with Crippen LogP contribution in [0.2, 0.25) is 0 Å². The Morgan fingerprint density at radius 2 is 1.88 bits per heavy atom. The van der Waals surface area contributed by atoms with Crippen molar-refractivity contribution in [3.8, 4) is 0 Å². The third-order valence-corrected chi connectivity index (χ3v) is 3.37. The zero-order valence-electron chi connectivity index (χ0n) is 10.8. The van der Waals surface area contributed by atoms with Gasteiger partial charge in [0.25, 0.3) is 0 Å². The molecule has 0 bridgehead atoms. The highest BCUT2D eigenvalue weighted by Gasteiger charge is 2.22. The van der Waals surface area contributed by atoms with Gasteiger partial charge in [0.2, 0.25) is 0 Å². The fourth-order valence-corrected chi connectivity index (χ4v) is 2.33. The molecule has 1 atom stereocenters. The third kappa shape index (κ3) is 3.02. The van der Waals surface area contributed by atoms with Gasteiger partial charge >= 0.3 is 0 Å². The molecule has 0 aliphatic carbocycles. The first-order chi connectivity index (χ1) is 8.31. The van der Waals surface area contributed by atoms with Gasteiger partial charge in [-0.1, -0.05) is 43.7 Å². The standard InChI is InChI=1S/C15H22N2/c1-3-4-10-15-16(2)11-12-17(15)13-14-8-6-5-7-9-14/h5-9,11-12,15H,3-4,10,13H2,1-2H3. The Balaban J connectivity index is 1.97. The second kappa shape index (κ2) is 5.76. The Kier molecular flexibility index (Phi) is 4.08. The van der Waals surface area contributed by atoms with Crippen LogP contribution in [0.25, 0.3) is 0 Å². The van der Waals surface area contributed by atoms with Crippen LogP contribution in [0, 0.1) is 0 Å². The zero-order valence-corrected chi connectivity index (χ0v) is 10.8. The molecule has 1 aromatic rings. The summed E-state index contributed by atoms with van der Waals surface area (Å²) in [7, 11) is 2.17. The van der Waals surface area contributed by atoms with E-state index in [2.05, 4.69) is 66.5 Å². The normalized spacial score (nSPS) is 19.1. The van der Waals surface area contributed by atoms with Crippen LogP contribution in [0.4, 0.5) is 0 Å². The lowest BCUT2D eigenvalue weighted by Gasteiger charge is -2.30. The molecule has 0 amide bonds. The van der Waals surface area contributed by atoms with Crippen molar-refractivity contribution >= 4 is 0 Å². The van der Waals surface area contributed by atoms with Gasteiger partial charge in [0.1, 0.15) is 6.17 Å². The molecule has 2 heteroatoms. The van der Waals surface area contributed by atoms with Crippen LogP contribution in [0.1, 0.15) is 31.7 Å². The Hall–Kier alpha value is -1.44. The van der Waals surface area contributed by atoms with E-state index in [1.165, 1.54) is 24.8 Å². The fourth-order valence-electron chi connectivity index (χ4n) is 2.33. The zero-order chi connectivity index (χ0) is 12.1. The van der Waals surface area contributed by atoms with E-state index in [1.807, 2.05) is 0 Å². The second-order valence-electron chi connectivity index (χ2n) is 4.74. The number of hydrogen-bond donors (Lipinski definition) is 0. The summed E-state index contributed by atoms with van der Waals surface area (Å²) in [4.78, 5) is 4.75. The maximum atomic E-state index is 2.44. The van der Waals surface area contributed by atoms with E-state index >= 15 is 0 Å². The fraction of sp³-hybridized carbons (Fsp3) is 0.467. The van der Waals surface area contributed by atoms with Gasteiger partial charge in [-0.15, -0.1) is 0 Å². The number of nitrogens with zero attached hydrogens (tertiary/aromatic N) is 2. The van der Waals surface area contributed by atoms with Crippen LogP contribution in [-0.2, 0) is 6.54 Å². The van der Waals surface area contributed by atoms with Gasteiger partial charge in [0.05, 0.1) is 0 Å². The van der Waals surface area contributed by atoms with E-state index in [4.69, 9.17) is 0 Å². The molecule has 0 aromatic heterocycles. The predicted molar refractivity (Wildman–Crippen MR) is 72.2 cm³/mol. The summed E-state index contributed by atoms with van der Waals surface area (Å²) in [5.41, 5.74) is 1.38. The van der Waals surface area contributed by atoms with Crippen molar-refractivity contribution in [2.75, 3.05) is 7.05 Å². The Morgan fingerprint density at radius 1 is 1.12 bits per heavy atom. The lowest BCUT2D eigenvalue weighted by Crippen LogP contribution is -2.36. The van der Waals surface area contributed by atoms with Gasteiger partial charge in [0.15, 0.2) is 0 Å². The van der Waals surface area contributed by atoms with Crippen LogP contribution in [0.15, 0.2) is 42.7 Å². The number of rotatable bonds is 5. The first kappa shape index (κ1) is 12.0. The van der Waals surface area contributed by atoms with Gasteiger partial charge < -0.3 is 9.80 Å². The molecule has 0 fully saturated rings. The lowest BCUT2D eigenvalue weighted by molar-refractivity contribution is 0.156. The third-order valence-electron chi connectivity index (χ3n) is 3.37. The first-order valence-corrected chi connectivity index (χ1v) is 6.51. The minimum atomic E-state index is 0.537. The van der Waals surface area contributed by atoms with Crippen molar-refractivity contribution in [2.24, 2.45) is 0 Å². The Labute approximate surface area is 105 Å². The molecular weight excluding hydrogens is 208 g/mol. The molecule has 0 N–H and O–H groups in total. The van der Waals surface area contributed by atoms with Crippen molar-refractivity contribution in [3.05, 3.63) is 48.3 Å². The summed E-state index contributed by atoms with van der Waals surface area (Å²) in [5.74, 6) is 0. The predicted octanol–water partition coefficient (Wildman–Crippen LogP) is 3.42. The maximum Gasteiger partial charge on any atom is 0.101 e. The van der Waals surface area contributed by atoms with Gasteiger partial charge in [-0.3, -0.25) is 0 Å². The summed E-state index contributed by atoms with van der Waals surface area (Å²) >= 11 is 0. The molecule has 0 saturated carbocycles. The van der Waals surface area contributed by atoms with Crippen LogP contribution in [0.5, 0.6) is 0 Å². The van der Waals surface area contributed by atoms with E-state index in [-0.39, 0.29) is 0 Å². The van der Waals surface area contributed by atoms with E-state index in [9.17, 15) is 0 Å². The van der Waals surface area contributed by atoms with Crippen molar-refractivity contribution in [3.63, 3.8) is 0 Å². The number of benzene rings is 1. The summed E-state index contributed by atoms with van der Waals surface area (Å²) in [6, 6.07) is 10.7. The number of hydrogen-bond acceptors (Lipinski definition) is 2. The minimum absolute atomic E-state index is 0.537. The smallest absolute Gasteiger partial charge is 0.101 e. The highest BCUT2D eigenvalue weighted by atomic mass is 15.4. The van der Waals surface area contributed by atoms with E-state index < -0.39 is 0 Å². The monoisotopic (exact) mass is 230 g/mol. The van der Waals surface area contributed by atoms with Crippen molar-refractivity contribution < 1.29 is 0 Å². The summed E-state index contributed by atoms with van der Waals surface area (Å²) < 4.78 is 0. The molecule has 92 valence electrons. The van der Waals surface area contributed by atoms with Crippen molar-refractivity contribution in [2.45, 2.75) is 38.9 Å². The molecular formula is C15H22N2. The van der Waals surface area contributed by atoms with Crippen LogP contribution < -0.4 is 0 Å². The quantitative estimate of drug-likeness (QED) is 0.764. The molecule has 0 spiro atoms. The van der Waals surface area contributed by atoms with Gasteiger partial charge in [-0.05, 0) is 18.4 Å². The maximum absolute atomic E-state index is 2.44.